The summed E-state index contributed by atoms with van der Waals surface area (Å²) < 4.78 is 5.40. The Morgan fingerprint density at radius 1 is 1.56 bits per heavy atom. The van der Waals surface area contributed by atoms with Crippen molar-refractivity contribution < 1.29 is 4.74 Å². The molecule has 0 bridgehead atoms. The highest BCUT2D eigenvalue weighted by molar-refractivity contribution is 4.96. The summed E-state index contributed by atoms with van der Waals surface area (Å²) in [6.45, 7) is 5.85. The van der Waals surface area contributed by atoms with Crippen molar-refractivity contribution in [3.63, 3.8) is 0 Å². The molecule has 4 nitrogen and oxygen atoms in total. The fourth-order valence-corrected chi connectivity index (χ4v) is 2.11. The molecule has 0 aromatic carbocycles. The number of rotatable bonds is 5. The third kappa shape index (κ3) is 3.44. The van der Waals surface area contributed by atoms with Gasteiger partial charge in [-0.2, -0.15) is 5.26 Å². The Hall–Kier alpha value is -0.630. The molecule has 1 saturated carbocycles. The average Bonchev–Trinajstić information content (AvgIpc) is 3.10. The molecule has 2 fully saturated rings. The molecule has 2 unspecified atom stereocenters. The van der Waals surface area contributed by atoms with Gasteiger partial charge in [0.15, 0.2) is 0 Å². The van der Waals surface area contributed by atoms with Crippen LogP contribution < -0.4 is 5.32 Å². The molecule has 1 N–H and O–H groups in total. The molecule has 16 heavy (non-hydrogen) atoms. The lowest BCUT2D eigenvalue weighted by Gasteiger charge is -2.33. The topological polar surface area (TPSA) is 48.3 Å². The van der Waals surface area contributed by atoms with E-state index in [1.54, 1.807) is 0 Å². The van der Waals surface area contributed by atoms with Crippen molar-refractivity contribution in [2.75, 3.05) is 26.3 Å². The van der Waals surface area contributed by atoms with Gasteiger partial charge in [0.05, 0.1) is 25.3 Å². The van der Waals surface area contributed by atoms with Gasteiger partial charge in [-0.3, -0.25) is 10.2 Å². The molecule has 2 atom stereocenters. The van der Waals surface area contributed by atoms with Crippen molar-refractivity contribution in [3.05, 3.63) is 0 Å². The number of hydrogen-bond donors (Lipinski definition) is 1. The number of hydrogen-bond acceptors (Lipinski definition) is 4. The summed E-state index contributed by atoms with van der Waals surface area (Å²) in [6, 6.07) is 3.50. The van der Waals surface area contributed by atoms with E-state index in [1.807, 2.05) is 0 Å². The van der Waals surface area contributed by atoms with Gasteiger partial charge in [-0.1, -0.05) is 0 Å². The zero-order valence-electron chi connectivity index (χ0n) is 9.98. The molecule has 2 rings (SSSR count). The first kappa shape index (κ1) is 11.8. The van der Waals surface area contributed by atoms with E-state index < -0.39 is 0 Å². The molecule has 0 amide bonds. The second kappa shape index (κ2) is 5.62. The minimum atomic E-state index is 0.0301. The smallest absolute Gasteiger partial charge is 0.0967 e. The normalized spacial score (nSPS) is 28.6. The summed E-state index contributed by atoms with van der Waals surface area (Å²) in [6.07, 6.45) is 3.41. The number of ether oxygens (including phenoxy) is 1. The fourth-order valence-electron chi connectivity index (χ4n) is 2.11. The van der Waals surface area contributed by atoms with Gasteiger partial charge in [0.2, 0.25) is 0 Å². The molecule has 2 aliphatic rings. The predicted octanol–water partition coefficient (Wildman–Crippen LogP) is 0.741. The predicted molar refractivity (Wildman–Crippen MR) is 62.0 cm³/mol. The lowest BCUT2D eigenvalue weighted by molar-refractivity contribution is -0.00123. The molecule has 1 aliphatic heterocycles. The van der Waals surface area contributed by atoms with E-state index in [2.05, 4.69) is 23.2 Å². The molecule has 1 aliphatic carbocycles. The molecule has 0 spiro atoms. The van der Waals surface area contributed by atoms with E-state index >= 15 is 0 Å². The van der Waals surface area contributed by atoms with Crippen LogP contribution in [0.3, 0.4) is 0 Å². The van der Waals surface area contributed by atoms with Crippen molar-refractivity contribution in [3.8, 4) is 6.07 Å². The quantitative estimate of drug-likeness (QED) is 0.747. The second-order valence-corrected chi connectivity index (χ2v) is 4.87. The summed E-state index contributed by atoms with van der Waals surface area (Å²) in [5, 5.41) is 12.4. The van der Waals surface area contributed by atoms with Crippen molar-refractivity contribution in [1.29, 1.82) is 5.26 Å². The van der Waals surface area contributed by atoms with Crippen LogP contribution in [0.15, 0.2) is 0 Å². The van der Waals surface area contributed by atoms with Gasteiger partial charge in [0, 0.05) is 25.2 Å². The fraction of sp³-hybridized carbons (Fsp3) is 0.917. The first-order chi connectivity index (χ1) is 7.79. The van der Waals surface area contributed by atoms with E-state index in [9.17, 15) is 0 Å². The van der Waals surface area contributed by atoms with E-state index in [1.165, 1.54) is 12.8 Å². The molecule has 4 heteroatoms. The largest absolute Gasteiger partial charge is 0.379 e. The van der Waals surface area contributed by atoms with Crippen molar-refractivity contribution in [1.82, 2.24) is 10.2 Å². The minimum absolute atomic E-state index is 0.0301. The van der Waals surface area contributed by atoms with Crippen LogP contribution in [-0.2, 0) is 4.74 Å². The van der Waals surface area contributed by atoms with Crippen molar-refractivity contribution in [2.24, 2.45) is 0 Å². The summed E-state index contributed by atoms with van der Waals surface area (Å²) in [5.41, 5.74) is 0. The zero-order valence-corrected chi connectivity index (χ0v) is 9.98. The maximum absolute atomic E-state index is 9.04. The Morgan fingerprint density at radius 3 is 3.00 bits per heavy atom. The highest BCUT2D eigenvalue weighted by Crippen LogP contribution is 2.20. The SMILES string of the molecule is CC1COCCN1CCC(C#N)NC1CC1. The summed E-state index contributed by atoms with van der Waals surface area (Å²) in [4.78, 5) is 2.42. The lowest BCUT2D eigenvalue weighted by Crippen LogP contribution is -2.45. The van der Waals surface area contributed by atoms with Crippen molar-refractivity contribution in [2.45, 2.75) is 44.3 Å². The summed E-state index contributed by atoms with van der Waals surface area (Å²) in [5.74, 6) is 0. The Balaban J connectivity index is 1.69. The summed E-state index contributed by atoms with van der Waals surface area (Å²) >= 11 is 0. The zero-order chi connectivity index (χ0) is 11.4. The second-order valence-electron chi connectivity index (χ2n) is 4.87. The third-order valence-corrected chi connectivity index (χ3v) is 3.38. The number of nitriles is 1. The van der Waals surface area contributed by atoms with Crippen LogP contribution in [-0.4, -0.2) is 49.3 Å². The molecule has 0 aromatic heterocycles. The maximum Gasteiger partial charge on any atom is 0.0967 e. The Morgan fingerprint density at radius 2 is 2.38 bits per heavy atom. The van der Waals surface area contributed by atoms with Crippen molar-refractivity contribution >= 4 is 0 Å². The highest BCUT2D eigenvalue weighted by atomic mass is 16.5. The van der Waals surface area contributed by atoms with Crippen LogP contribution >= 0.6 is 0 Å². The van der Waals surface area contributed by atoms with Crippen LogP contribution in [0.4, 0.5) is 0 Å². The van der Waals surface area contributed by atoms with Crippen LogP contribution in [0.25, 0.3) is 0 Å². The molecule has 0 radical (unpaired) electrons. The molecule has 1 heterocycles. The van der Waals surface area contributed by atoms with Crippen LogP contribution in [0.1, 0.15) is 26.2 Å². The molecular formula is C12H21N3O. The first-order valence-corrected chi connectivity index (χ1v) is 6.27. The van der Waals surface area contributed by atoms with Crippen LogP contribution in [0, 0.1) is 11.3 Å². The van der Waals surface area contributed by atoms with E-state index in [-0.39, 0.29) is 6.04 Å². The van der Waals surface area contributed by atoms with Gasteiger partial charge in [-0.15, -0.1) is 0 Å². The Labute approximate surface area is 97.6 Å². The van der Waals surface area contributed by atoms with Gasteiger partial charge in [0.25, 0.3) is 0 Å². The number of nitrogens with one attached hydrogen (secondary N) is 1. The lowest BCUT2D eigenvalue weighted by atomic mass is 10.2. The van der Waals surface area contributed by atoms with E-state index in [0.29, 0.717) is 12.1 Å². The standard InChI is InChI=1S/C12H21N3O/c1-10-9-16-7-6-15(10)5-4-12(8-13)14-11-2-3-11/h10-12,14H,2-7,9H2,1H3. The summed E-state index contributed by atoms with van der Waals surface area (Å²) in [7, 11) is 0. The van der Waals surface area contributed by atoms with Gasteiger partial charge < -0.3 is 4.74 Å². The van der Waals surface area contributed by atoms with E-state index in [4.69, 9.17) is 10.00 Å². The van der Waals surface area contributed by atoms with Crippen LogP contribution in [0.2, 0.25) is 0 Å². The maximum atomic E-state index is 9.04. The number of nitrogens with zero attached hydrogens (tertiary/aromatic N) is 2. The van der Waals surface area contributed by atoms with E-state index in [0.717, 1.165) is 32.7 Å². The molecule has 90 valence electrons. The van der Waals surface area contributed by atoms with Gasteiger partial charge in [-0.25, -0.2) is 0 Å². The average molecular weight is 223 g/mol. The molecular weight excluding hydrogens is 202 g/mol. The third-order valence-electron chi connectivity index (χ3n) is 3.38. The van der Waals surface area contributed by atoms with Crippen LogP contribution in [0.5, 0.6) is 0 Å². The Bertz CT molecular complexity index is 259. The van der Waals surface area contributed by atoms with Gasteiger partial charge >= 0.3 is 0 Å². The van der Waals surface area contributed by atoms with Gasteiger partial charge in [-0.05, 0) is 26.2 Å². The first-order valence-electron chi connectivity index (χ1n) is 6.27. The van der Waals surface area contributed by atoms with Gasteiger partial charge in [0.1, 0.15) is 0 Å². The molecule has 0 aromatic rings. The molecule has 1 saturated heterocycles. The minimum Gasteiger partial charge on any atom is -0.379 e. The highest BCUT2D eigenvalue weighted by Gasteiger charge is 2.25. The number of morpholine rings is 1. The monoisotopic (exact) mass is 223 g/mol. The Kier molecular flexibility index (Phi) is 4.16.